The van der Waals surface area contributed by atoms with E-state index in [1.165, 1.54) is 218 Å². The van der Waals surface area contributed by atoms with E-state index in [9.17, 15) is 0 Å². The molecule has 0 N–H and O–H groups in total. The molecule has 0 bridgehead atoms. The maximum atomic E-state index is 2.42. The largest absolute Gasteiger partial charge is 0.0753 e. The SMILES string of the molecule is CCCCCCCCCCCCCCCCCCP(CCCCCCCCCCCCCCCCCC)c1ccccc1. The second kappa shape index (κ2) is 34.5. The van der Waals surface area contributed by atoms with Crippen molar-refractivity contribution in [1.82, 2.24) is 0 Å². The van der Waals surface area contributed by atoms with Crippen molar-refractivity contribution in [1.29, 1.82) is 0 Å². The summed E-state index contributed by atoms with van der Waals surface area (Å²) in [6, 6.07) is 11.6. The molecule has 0 aliphatic heterocycles. The maximum Gasteiger partial charge on any atom is -0.0240 e. The van der Waals surface area contributed by atoms with Gasteiger partial charge in [0.1, 0.15) is 0 Å². The summed E-state index contributed by atoms with van der Waals surface area (Å²) >= 11 is 0. The van der Waals surface area contributed by atoms with Crippen LogP contribution in [0.25, 0.3) is 0 Å². The molecule has 252 valence electrons. The van der Waals surface area contributed by atoms with Gasteiger partial charge in [-0.3, -0.25) is 0 Å². The van der Waals surface area contributed by atoms with Gasteiger partial charge in [-0.1, -0.05) is 245 Å². The average Bonchev–Trinajstić information content (AvgIpc) is 3.03. The Balaban J connectivity index is 1.95. The maximum absolute atomic E-state index is 2.42. The summed E-state index contributed by atoms with van der Waals surface area (Å²) in [6.45, 7) is 4.62. The summed E-state index contributed by atoms with van der Waals surface area (Å²) in [4.78, 5) is 0. The number of unbranched alkanes of at least 4 members (excludes halogenated alkanes) is 30. The van der Waals surface area contributed by atoms with Gasteiger partial charge in [0.05, 0.1) is 0 Å². The predicted octanol–water partition coefficient (Wildman–Crippen LogP) is 15.3. The van der Waals surface area contributed by atoms with Crippen molar-refractivity contribution in [2.75, 3.05) is 12.3 Å². The van der Waals surface area contributed by atoms with Gasteiger partial charge >= 0.3 is 0 Å². The minimum Gasteiger partial charge on any atom is -0.0753 e. The van der Waals surface area contributed by atoms with Gasteiger partial charge in [0, 0.05) is 0 Å². The molecule has 1 rings (SSSR count). The lowest BCUT2D eigenvalue weighted by Gasteiger charge is -2.18. The standard InChI is InChI=1S/C42H79P/c1-3-5-7-9-11-13-15-17-19-21-23-25-27-29-31-36-40-43(42-38-34-33-35-39-42)41-37-32-30-28-26-24-22-20-18-16-14-12-10-8-6-4-2/h33-35,38-39H,3-32,36-37,40-41H2,1-2H3. The zero-order valence-corrected chi connectivity index (χ0v) is 30.8. The van der Waals surface area contributed by atoms with Crippen LogP contribution in [0.15, 0.2) is 30.3 Å². The average molecular weight is 615 g/mol. The van der Waals surface area contributed by atoms with Crippen molar-refractivity contribution in [3.63, 3.8) is 0 Å². The van der Waals surface area contributed by atoms with Gasteiger partial charge in [-0.2, -0.15) is 0 Å². The van der Waals surface area contributed by atoms with E-state index in [1.54, 1.807) is 5.30 Å². The summed E-state index contributed by atoms with van der Waals surface area (Å²) in [7, 11) is 0.0589. The molecule has 0 saturated carbocycles. The van der Waals surface area contributed by atoms with Crippen molar-refractivity contribution < 1.29 is 0 Å². The summed E-state index contributed by atoms with van der Waals surface area (Å²) in [6.07, 6.45) is 49.8. The van der Waals surface area contributed by atoms with Crippen molar-refractivity contribution in [2.24, 2.45) is 0 Å². The highest BCUT2D eigenvalue weighted by Gasteiger charge is 2.10. The zero-order chi connectivity index (χ0) is 30.7. The van der Waals surface area contributed by atoms with E-state index in [4.69, 9.17) is 0 Å². The van der Waals surface area contributed by atoms with E-state index in [-0.39, 0.29) is 7.92 Å². The molecular formula is C42H79P. The molecule has 0 aromatic heterocycles. The first kappa shape index (κ1) is 40.7. The second-order valence-corrected chi connectivity index (χ2v) is 16.4. The fraction of sp³-hybridized carbons (Fsp3) is 0.857. The molecule has 0 amide bonds. The van der Waals surface area contributed by atoms with Crippen LogP contribution in [0.2, 0.25) is 0 Å². The third-order valence-corrected chi connectivity index (χ3v) is 12.4. The Morgan fingerprint density at radius 2 is 0.535 bits per heavy atom. The molecule has 0 radical (unpaired) electrons. The number of hydrogen-bond donors (Lipinski definition) is 0. The summed E-state index contributed by atoms with van der Waals surface area (Å²) in [5, 5.41) is 1.67. The number of hydrogen-bond acceptors (Lipinski definition) is 0. The van der Waals surface area contributed by atoms with E-state index in [1.807, 2.05) is 0 Å². The molecule has 0 unspecified atom stereocenters. The molecule has 1 heteroatoms. The summed E-state index contributed by atoms with van der Waals surface area (Å²) in [5.41, 5.74) is 0. The van der Waals surface area contributed by atoms with Gasteiger partial charge in [-0.25, -0.2) is 0 Å². The highest BCUT2D eigenvalue weighted by atomic mass is 31.1. The molecule has 0 saturated heterocycles. The fourth-order valence-electron chi connectivity index (χ4n) is 6.71. The van der Waals surface area contributed by atoms with Crippen LogP contribution in [-0.2, 0) is 0 Å². The van der Waals surface area contributed by atoms with Crippen molar-refractivity contribution in [2.45, 2.75) is 219 Å². The topological polar surface area (TPSA) is 0 Å². The molecule has 0 heterocycles. The minimum atomic E-state index is 0.0589. The van der Waals surface area contributed by atoms with Gasteiger partial charge < -0.3 is 0 Å². The van der Waals surface area contributed by atoms with Crippen molar-refractivity contribution in [3.05, 3.63) is 30.3 Å². The highest BCUT2D eigenvalue weighted by molar-refractivity contribution is 7.65. The Morgan fingerprint density at radius 3 is 0.791 bits per heavy atom. The van der Waals surface area contributed by atoms with Crippen LogP contribution in [-0.4, -0.2) is 12.3 Å². The van der Waals surface area contributed by atoms with Crippen LogP contribution in [0, 0.1) is 0 Å². The highest BCUT2D eigenvalue weighted by Crippen LogP contribution is 2.37. The van der Waals surface area contributed by atoms with E-state index in [0.29, 0.717) is 0 Å². The third kappa shape index (κ3) is 28.8. The molecule has 0 nitrogen and oxygen atoms in total. The lowest BCUT2D eigenvalue weighted by atomic mass is 10.0. The van der Waals surface area contributed by atoms with Crippen LogP contribution in [0.1, 0.15) is 219 Å². The van der Waals surface area contributed by atoms with Gasteiger partial charge in [-0.05, 0) is 30.5 Å². The minimum absolute atomic E-state index is 0.0589. The number of rotatable bonds is 35. The molecule has 0 aliphatic rings. The Labute approximate surface area is 274 Å². The first-order valence-electron chi connectivity index (χ1n) is 20.2. The lowest BCUT2D eigenvalue weighted by Crippen LogP contribution is -2.06. The van der Waals surface area contributed by atoms with E-state index >= 15 is 0 Å². The summed E-state index contributed by atoms with van der Waals surface area (Å²) < 4.78 is 0. The fourth-order valence-corrected chi connectivity index (χ4v) is 9.25. The zero-order valence-electron chi connectivity index (χ0n) is 29.9. The molecule has 0 fully saturated rings. The number of benzene rings is 1. The van der Waals surface area contributed by atoms with Crippen LogP contribution in [0.4, 0.5) is 0 Å². The quantitative estimate of drug-likeness (QED) is 0.0527. The van der Waals surface area contributed by atoms with Crippen LogP contribution >= 0.6 is 7.92 Å². The van der Waals surface area contributed by atoms with Crippen molar-refractivity contribution in [3.8, 4) is 0 Å². The molecule has 1 aromatic carbocycles. The molecule has 0 spiro atoms. The molecule has 43 heavy (non-hydrogen) atoms. The van der Waals surface area contributed by atoms with E-state index in [2.05, 4.69) is 44.2 Å². The van der Waals surface area contributed by atoms with Crippen LogP contribution in [0.3, 0.4) is 0 Å². The van der Waals surface area contributed by atoms with Crippen LogP contribution in [0.5, 0.6) is 0 Å². The first-order valence-corrected chi connectivity index (χ1v) is 21.9. The third-order valence-electron chi connectivity index (χ3n) is 9.68. The van der Waals surface area contributed by atoms with Gasteiger partial charge in [-0.15, -0.1) is 0 Å². The van der Waals surface area contributed by atoms with Crippen molar-refractivity contribution >= 4 is 13.2 Å². The van der Waals surface area contributed by atoms with E-state index < -0.39 is 0 Å². The molecular weight excluding hydrogens is 535 g/mol. The van der Waals surface area contributed by atoms with Gasteiger partial charge in [0.15, 0.2) is 0 Å². The Kier molecular flexibility index (Phi) is 32.7. The molecule has 1 aromatic rings. The lowest BCUT2D eigenvalue weighted by molar-refractivity contribution is 0.531. The van der Waals surface area contributed by atoms with Gasteiger partial charge in [0.2, 0.25) is 0 Å². The smallest absolute Gasteiger partial charge is 0.0240 e. The Morgan fingerprint density at radius 1 is 0.302 bits per heavy atom. The van der Waals surface area contributed by atoms with Gasteiger partial charge in [0.25, 0.3) is 0 Å². The molecule has 0 atom stereocenters. The van der Waals surface area contributed by atoms with E-state index in [0.717, 1.165) is 0 Å². The Hall–Kier alpha value is -0.350. The second-order valence-electron chi connectivity index (χ2n) is 13.9. The normalized spacial score (nSPS) is 11.6. The molecule has 0 aliphatic carbocycles. The van der Waals surface area contributed by atoms with Crippen LogP contribution < -0.4 is 5.30 Å². The Bertz CT molecular complexity index is 589. The monoisotopic (exact) mass is 615 g/mol. The summed E-state index contributed by atoms with van der Waals surface area (Å²) in [5.74, 6) is 0. The first-order chi connectivity index (χ1) is 21.4. The predicted molar refractivity (Wildman–Crippen MR) is 202 cm³/mol.